The number of rotatable bonds is 7. The monoisotopic (exact) mass is 432 g/mol. The number of anilines is 1. The summed E-state index contributed by atoms with van der Waals surface area (Å²) in [5.41, 5.74) is 4.38. The molecule has 2 N–H and O–H groups in total. The van der Waals surface area contributed by atoms with Crippen molar-refractivity contribution in [2.75, 3.05) is 44.7 Å². The fourth-order valence-corrected chi connectivity index (χ4v) is 3.88. The molecule has 0 bridgehead atoms. The number of hydrogen-bond donors (Lipinski definition) is 2. The molecule has 0 atom stereocenters. The maximum atomic E-state index is 12.4. The van der Waals surface area contributed by atoms with Gasteiger partial charge in [0.05, 0.1) is 18.7 Å². The zero-order chi connectivity index (χ0) is 21.9. The highest BCUT2D eigenvalue weighted by atomic mass is 16.5. The second-order valence-electron chi connectivity index (χ2n) is 8.48. The van der Waals surface area contributed by atoms with Gasteiger partial charge in [-0.25, -0.2) is 9.97 Å². The molecule has 0 unspecified atom stereocenters. The number of fused-ring (bicyclic) bond motifs is 1. The Kier molecular flexibility index (Phi) is 5.96. The number of amides is 1. The molecular formula is C24H28N6O2. The Bertz CT molecular complexity index is 1120. The molecule has 8 heteroatoms. The van der Waals surface area contributed by atoms with Crippen LogP contribution in [-0.2, 0) is 4.74 Å². The molecule has 32 heavy (non-hydrogen) atoms. The number of pyridine rings is 1. The average Bonchev–Trinajstić information content (AvgIpc) is 3.64. The molecule has 1 amide bonds. The lowest BCUT2D eigenvalue weighted by molar-refractivity contribution is 0.0398. The van der Waals surface area contributed by atoms with E-state index < -0.39 is 0 Å². The average molecular weight is 433 g/mol. The minimum absolute atomic E-state index is 0.106. The van der Waals surface area contributed by atoms with Crippen LogP contribution in [0.3, 0.4) is 0 Å². The minimum Gasteiger partial charge on any atom is -0.379 e. The van der Waals surface area contributed by atoms with E-state index in [1.54, 1.807) is 6.20 Å². The van der Waals surface area contributed by atoms with Crippen LogP contribution in [0.4, 0.5) is 5.95 Å². The van der Waals surface area contributed by atoms with Crippen molar-refractivity contribution in [2.24, 2.45) is 0 Å². The van der Waals surface area contributed by atoms with Gasteiger partial charge in [0.15, 0.2) is 0 Å². The third-order valence-corrected chi connectivity index (χ3v) is 5.95. The summed E-state index contributed by atoms with van der Waals surface area (Å²) in [7, 11) is 0. The van der Waals surface area contributed by atoms with Gasteiger partial charge in [-0.2, -0.15) is 0 Å². The molecule has 5 rings (SSSR count). The third-order valence-electron chi connectivity index (χ3n) is 5.95. The number of morpholine rings is 1. The second kappa shape index (κ2) is 9.18. The first-order valence-electron chi connectivity index (χ1n) is 11.2. The Morgan fingerprint density at radius 3 is 2.81 bits per heavy atom. The molecular weight excluding hydrogens is 404 g/mol. The van der Waals surface area contributed by atoms with Crippen LogP contribution in [0.25, 0.3) is 22.0 Å². The summed E-state index contributed by atoms with van der Waals surface area (Å²) in [6, 6.07) is 8.29. The number of benzene rings is 1. The molecule has 1 aliphatic carbocycles. The number of hydrogen-bond acceptors (Lipinski definition) is 7. The van der Waals surface area contributed by atoms with E-state index in [-0.39, 0.29) is 5.91 Å². The molecule has 2 fully saturated rings. The van der Waals surface area contributed by atoms with Gasteiger partial charge in [0.25, 0.3) is 5.91 Å². The quantitative estimate of drug-likeness (QED) is 0.593. The zero-order valence-electron chi connectivity index (χ0n) is 18.3. The van der Waals surface area contributed by atoms with Gasteiger partial charge < -0.3 is 15.4 Å². The molecule has 0 radical (unpaired) electrons. The van der Waals surface area contributed by atoms with Crippen LogP contribution >= 0.6 is 0 Å². The standard InChI is InChI=1S/C24H28N6O2/c1-16-14-26-22(23(31)28-19-3-4-19)13-20(16)17-2-5-21-18(12-17)15-27-24(29-21)25-6-7-30-8-10-32-11-9-30/h2,5,12-15,19H,3-4,6-11H2,1H3,(H,28,31)(H,25,27,29). The van der Waals surface area contributed by atoms with Crippen LogP contribution in [0.5, 0.6) is 0 Å². The van der Waals surface area contributed by atoms with E-state index in [0.717, 1.165) is 79.8 Å². The van der Waals surface area contributed by atoms with Crippen LogP contribution in [0, 0.1) is 6.92 Å². The molecule has 8 nitrogen and oxygen atoms in total. The molecule has 2 aliphatic rings. The van der Waals surface area contributed by atoms with Crippen molar-refractivity contribution in [1.82, 2.24) is 25.2 Å². The summed E-state index contributed by atoms with van der Waals surface area (Å²) in [4.78, 5) is 28.3. The van der Waals surface area contributed by atoms with Crippen molar-refractivity contribution in [3.63, 3.8) is 0 Å². The van der Waals surface area contributed by atoms with Gasteiger partial charge in [-0.05, 0) is 54.7 Å². The van der Waals surface area contributed by atoms with Crippen molar-refractivity contribution in [3.8, 4) is 11.1 Å². The number of aromatic nitrogens is 3. The Labute approximate surface area is 187 Å². The lowest BCUT2D eigenvalue weighted by Gasteiger charge is -2.26. The Morgan fingerprint density at radius 2 is 2.00 bits per heavy atom. The smallest absolute Gasteiger partial charge is 0.270 e. The first kappa shape index (κ1) is 20.8. The summed E-state index contributed by atoms with van der Waals surface area (Å²) >= 11 is 0. The summed E-state index contributed by atoms with van der Waals surface area (Å²) < 4.78 is 5.39. The molecule has 3 aromatic rings. The summed E-state index contributed by atoms with van der Waals surface area (Å²) in [6.07, 6.45) is 5.72. The molecule has 2 aromatic heterocycles. The van der Waals surface area contributed by atoms with Crippen LogP contribution in [0.2, 0.25) is 0 Å². The first-order valence-corrected chi connectivity index (χ1v) is 11.2. The van der Waals surface area contributed by atoms with Gasteiger partial charge in [-0.3, -0.25) is 14.7 Å². The van der Waals surface area contributed by atoms with Gasteiger partial charge >= 0.3 is 0 Å². The van der Waals surface area contributed by atoms with Gasteiger partial charge in [-0.15, -0.1) is 0 Å². The normalized spacial score (nSPS) is 16.8. The second-order valence-corrected chi connectivity index (χ2v) is 8.48. The highest BCUT2D eigenvalue weighted by Gasteiger charge is 2.24. The maximum Gasteiger partial charge on any atom is 0.270 e. The minimum atomic E-state index is -0.106. The molecule has 3 heterocycles. The highest BCUT2D eigenvalue weighted by molar-refractivity contribution is 5.94. The number of carbonyl (C=O) groups is 1. The van der Waals surface area contributed by atoms with Gasteiger partial charge in [0.2, 0.25) is 5.95 Å². The third kappa shape index (κ3) is 4.87. The number of carbonyl (C=O) groups excluding carboxylic acids is 1. The first-order chi connectivity index (χ1) is 15.7. The molecule has 1 aliphatic heterocycles. The van der Waals surface area contributed by atoms with Crippen molar-refractivity contribution >= 4 is 22.8 Å². The Balaban J connectivity index is 1.30. The fraction of sp³-hybridized carbons (Fsp3) is 0.417. The molecule has 0 spiro atoms. The Hall–Kier alpha value is -3.10. The number of aryl methyl sites for hydroxylation is 1. The molecule has 1 saturated heterocycles. The summed E-state index contributed by atoms with van der Waals surface area (Å²) in [6.45, 7) is 7.31. The summed E-state index contributed by atoms with van der Waals surface area (Å²) in [5.74, 6) is 0.531. The molecule has 166 valence electrons. The molecule has 1 aromatic carbocycles. The highest BCUT2D eigenvalue weighted by Crippen LogP contribution is 2.27. The van der Waals surface area contributed by atoms with Crippen molar-refractivity contribution < 1.29 is 9.53 Å². The van der Waals surface area contributed by atoms with E-state index in [2.05, 4.69) is 36.6 Å². The van der Waals surface area contributed by atoms with E-state index in [4.69, 9.17) is 4.74 Å². The number of nitrogens with zero attached hydrogens (tertiary/aromatic N) is 4. The van der Waals surface area contributed by atoms with Crippen molar-refractivity contribution in [1.29, 1.82) is 0 Å². The van der Waals surface area contributed by atoms with E-state index in [0.29, 0.717) is 17.7 Å². The predicted molar refractivity (Wildman–Crippen MR) is 124 cm³/mol. The maximum absolute atomic E-state index is 12.4. The largest absolute Gasteiger partial charge is 0.379 e. The van der Waals surface area contributed by atoms with Crippen LogP contribution in [0.15, 0.2) is 36.7 Å². The Morgan fingerprint density at radius 1 is 1.16 bits per heavy atom. The topological polar surface area (TPSA) is 92.3 Å². The van der Waals surface area contributed by atoms with Gasteiger partial charge in [0, 0.05) is 50.0 Å². The summed E-state index contributed by atoms with van der Waals surface area (Å²) in [5, 5.41) is 7.29. The van der Waals surface area contributed by atoms with E-state index >= 15 is 0 Å². The lowest BCUT2D eigenvalue weighted by Crippen LogP contribution is -2.39. The van der Waals surface area contributed by atoms with E-state index in [1.807, 2.05) is 31.3 Å². The van der Waals surface area contributed by atoms with E-state index in [1.165, 1.54) is 0 Å². The van der Waals surface area contributed by atoms with Crippen LogP contribution < -0.4 is 10.6 Å². The predicted octanol–water partition coefficient (Wildman–Crippen LogP) is 2.64. The number of nitrogens with one attached hydrogen (secondary N) is 2. The number of ether oxygens (including phenoxy) is 1. The van der Waals surface area contributed by atoms with E-state index in [9.17, 15) is 4.79 Å². The molecule has 1 saturated carbocycles. The van der Waals surface area contributed by atoms with Crippen LogP contribution in [-0.4, -0.2) is 71.2 Å². The van der Waals surface area contributed by atoms with Gasteiger partial charge in [0.1, 0.15) is 5.69 Å². The SMILES string of the molecule is Cc1cnc(C(=O)NC2CC2)cc1-c1ccc2nc(NCCN3CCOCC3)ncc2c1. The van der Waals surface area contributed by atoms with Crippen LogP contribution in [0.1, 0.15) is 28.9 Å². The van der Waals surface area contributed by atoms with Crippen molar-refractivity contribution in [3.05, 3.63) is 47.9 Å². The van der Waals surface area contributed by atoms with Gasteiger partial charge in [-0.1, -0.05) is 6.07 Å². The zero-order valence-corrected chi connectivity index (χ0v) is 18.3. The fourth-order valence-electron chi connectivity index (χ4n) is 3.88. The lowest BCUT2D eigenvalue weighted by atomic mass is 10.00. The van der Waals surface area contributed by atoms with Crippen molar-refractivity contribution in [2.45, 2.75) is 25.8 Å².